The Morgan fingerprint density at radius 2 is 1.05 bits per heavy atom. The van der Waals surface area contributed by atoms with Crippen molar-refractivity contribution >= 4 is 0 Å². The fourth-order valence-electron chi connectivity index (χ4n) is 3.59. The van der Waals surface area contributed by atoms with Gasteiger partial charge in [-0.15, -0.1) is 0 Å². The fourth-order valence-corrected chi connectivity index (χ4v) is 3.59. The van der Waals surface area contributed by atoms with Crippen LogP contribution in [0.1, 0.15) is 89.9 Å². The van der Waals surface area contributed by atoms with Crippen LogP contribution in [0.4, 0.5) is 0 Å². The highest BCUT2D eigenvalue weighted by molar-refractivity contribution is 4.92. The molecule has 0 heterocycles. The fraction of sp³-hybridized carbons (Fsp3) is 1.00. The van der Waals surface area contributed by atoms with Crippen LogP contribution in [0.3, 0.4) is 0 Å². The smallest absolute Gasteiger partial charge is 0.0540 e. The largest absolute Gasteiger partial charge is 0.396 e. The first-order valence-corrected chi connectivity index (χ1v) is 9.54. The molecule has 130 valence electrons. The predicted octanol–water partition coefficient (Wildman–Crippen LogP) is 3.79. The maximum Gasteiger partial charge on any atom is 0.0540 e. The summed E-state index contributed by atoms with van der Waals surface area (Å²) in [6.07, 6.45) is 16.0. The Kier molecular flexibility index (Phi) is 7.17. The van der Waals surface area contributed by atoms with Crippen LogP contribution in [-0.2, 0) is 0 Å². The lowest BCUT2D eigenvalue weighted by atomic mass is 9.96. The van der Waals surface area contributed by atoms with E-state index in [1.165, 1.54) is 64.2 Å². The van der Waals surface area contributed by atoms with Crippen LogP contribution >= 0.6 is 0 Å². The van der Waals surface area contributed by atoms with Crippen LogP contribution in [0.25, 0.3) is 0 Å². The number of aliphatic hydroxyl groups excluding tert-OH is 3. The van der Waals surface area contributed by atoms with Gasteiger partial charge in [-0.3, -0.25) is 0 Å². The summed E-state index contributed by atoms with van der Waals surface area (Å²) >= 11 is 0. The summed E-state index contributed by atoms with van der Waals surface area (Å²) in [4.78, 5) is 0. The molecule has 0 radical (unpaired) electrons. The second-order valence-corrected chi connectivity index (χ2v) is 8.17. The van der Waals surface area contributed by atoms with Gasteiger partial charge in [0, 0.05) is 13.2 Å². The number of hydrogen-bond acceptors (Lipinski definition) is 3. The third-order valence-corrected chi connectivity index (χ3v) is 6.07. The molecule has 2 fully saturated rings. The number of rotatable bonds is 14. The Labute approximate surface area is 136 Å². The third kappa shape index (κ3) is 6.17. The van der Waals surface area contributed by atoms with Crippen LogP contribution in [0, 0.1) is 10.8 Å². The minimum absolute atomic E-state index is 0.125. The first-order valence-electron chi connectivity index (χ1n) is 9.54. The van der Waals surface area contributed by atoms with Crippen molar-refractivity contribution in [2.45, 2.75) is 96.0 Å². The van der Waals surface area contributed by atoms with E-state index < -0.39 is 0 Å². The van der Waals surface area contributed by atoms with Crippen molar-refractivity contribution in [3.05, 3.63) is 0 Å². The van der Waals surface area contributed by atoms with Gasteiger partial charge >= 0.3 is 0 Å². The van der Waals surface area contributed by atoms with Crippen molar-refractivity contribution in [2.24, 2.45) is 10.8 Å². The van der Waals surface area contributed by atoms with Crippen LogP contribution in [0.5, 0.6) is 0 Å². The third-order valence-electron chi connectivity index (χ3n) is 6.07. The monoisotopic (exact) mass is 312 g/mol. The van der Waals surface area contributed by atoms with E-state index in [9.17, 15) is 15.3 Å². The molecule has 2 saturated carbocycles. The van der Waals surface area contributed by atoms with Crippen molar-refractivity contribution in [3.63, 3.8) is 0 Å². The van der Waals surface area contributed by atoms with Crippen molar-refractivity contribution in [1.29, 1.82) is 0 Å². The molecule has 0 spiro atoms. The van der Waals surface area contributed by atoms with E-state index in [4.69, 9.17) is 0 Å². The summed E-state index contributed by atoms with van der Waals surface area (Å²) in [5, 5.41) is 28.5. The first kappa shape index (κ1) is 18.2. The molecule has 0 unspecified atom stereocenters. The quantitative estimate of drug-likeness (QED) is 0.428. The molecule has 0 saturated heterocycles. The molecule has 2 aliphatic carbocycles. The Bertz CT molecular complexity index is 278. The van der Waals surface area contributed by atoms with Gasteiger partial charge in [0.05, 0.1) is 6.10 Å². The Morgan fingerprint density at radius 1 is 0.636 bits per heavy atom. The van der Waals surface area contributed by atoms with Crippen LogP contribution in [-0.4, -0.2) is 34.6 Å². The van der Waals surface area contributed by atoms with Crippen molar-refractivity contribution in [1.82, 2.24) is 0 Å². The normalized spacial score (nSPS) is 21.3. The Balaban J connectivity index is 1.36. The molecule has 0 atom stereocenters. The molecule has 2 aliphatic rings. The lowest BCUT2D eigenvalue weighted by molar-refractivity contribution is 0.145. The predicted molar refractivity (Wildman–Crippen MR) is 89.7 cm³/mol. The van der Waals surface area contributed by atoms with E-state index in [-0.39, 0.29) is 6.10 Å². The van der Waals surface area contributed by atoms with Crippen molar-refractivity contribution in [2.75, 3.05) is 13.2 Å². The van der Waals surface area contributed by atoms with Gasteiger partial charge in [-0.1, -0.05) is 38.5 Å². The van der Waals surface area contributed by atoms with Gasteiger partial charge in [0.2, 0.25) is 0 Å². The molecular formula is C19H36O3. The summed E-state index contributed by atoms with van der Waals surface area (Å²) in [5.41, 5.74) is 0.595. The van der Waals surface area contributed by atoms with E-state index in [0.29, 0.717) is 24.0 Å². The van der Waals surface area contributed by atoms with Gasteiger partial charge < -0.3 is 15.3 Å². The van der Waals surface area contributed by atoms with Gasteiger partial charge in [-0.25, -0.2) is 0 Å². The van der Waals surface area contributed by atoms with Crippen LogP contribution < -0.4 is 0 Å². The lowest BCUT2D eigenvalue weighted by Gasteiger charge is -2.13. The molecular weight excluding hydrogens is 276 g/mol. The van der Waals surface area contributed by atoms with Gasteiger partial charge in [0.25, 0.3) is 0 Å². The second-order valence-electron chi connectivity index (χ2n) is 8.17. The molecule has 0 amide bonds. The average molecular weight is 312 g/mol. The molecule has 0 aliphatic heterocycles. The minimum atomic E-state index is -0.125. The van der Waals surface area contributed by atoms with E-state index in [0.717, 1.165) is 25.7 Å². The highest BCUT2D eigenvalue weighted by Crippen LogP contribution is 2.50. The number of hydrogen-bond donors (Lipinski definition) is 3. The van der Waals surface area contributed by atoms with E-state index in [1.807, 2.05) is 0 Å². The summed E-state index contributed by atoms with van der Waals surface area (Å²) in [7, 11) is 0. The molecule has 3 N–H and O–H groups in total. The van der Waals surface area contributed by atoms with Gasteiger partial charge in [-0.05, 0) is 62.2 Å². The van der Waals surface area contributed by atoms with Crippen molar-refractivity contribution in [3.8, 4) is 0 Å². The van der Waals surface area contributed by atoms with Gasteiger partial charge in [0.15, 0.2) is 0 Å². The van der Waals surface area contributed by atoms with Crippen molar-refractivity contribution < 1.29 is 15.3 Å². The van der Waals surface area contributed by atoms with Crippen LogP contribution in [0.15, 0.2) is 0 Å². The standard InChI is InChI=1S/C19H36O3/c20-15-18(11-12-18)9-5-1-3-7-17(22)8-4-2-6-10-19(16-21)13-14-19/h17,20-22H,1-16H2. The lowest BCUT2D eigenvalue weighted by Crippen LogP contribution is -2.08. The van der Waals surface area contributed by atoms with Gasteiger partial charge in [0.1, 0.15) is 0 Å². The first-order chi connectivity index (χ1) is 10.6. The summed E-state index contributed by atoms with van der Waals surface area (Å²) in [5.74, 6) is 0. The summed E-state index contributed by atoms with van der Waals surface area (Å²) in [6.45, 7) is 0.736. The average Bonchev–Trinajstić information content (AvgIpc) is 3.43. The minimum Gasteiger partial charge on any atom is -0.396 e. The Hall–Kier alpha value is -0.120. The maximum absolute atomic E-state index is 10.0. The zero-order valence-corrected chi connectivity index (χ0v) is 14.2. The number of aliphatic hydroxyl groups is 3. The SMILES string of the molecule is OCC1(CCCCCC(O)CCCCCC2(CO)CC2)CC1. The maximum atomic E-state index is 10.0. The zero-order valence-electron chi connectivity index (χ0n) is 14.2. The van der Waals surface area contributed by atoms with Gasteiger partial charge in [-0.2, -0.15) is 0 Å². The highest BCUT2D eigenvalue weighted by atomic mass is 16.3. The molecule has 0 bridgehead atoms. The molecule has 0 aromatic carbocycles. The molecule has 2 rings (SSSR count). The van der Waals surface area contributed by atoms with Crippen LogP contribution in [0.2, 0.25) is 0 Å². The molecule has 0 aromatic rings. The van der Waals surface area contributed by atoms with E-state index in [1.54, 1.807) is 0 Å². The second kappa shape index (κ2) is 8.65. The Morgan fingerprint density at radius 3 is 1.36 bits per heavy atom. The topological polar surface area (TPSA) is 60.7 Å². The number of unbranched alkanes of at least 4 members (excludes halogenated alkanes) is 4. The van der Waals surface area contributed by atoms with E-state index in [2.05, 4.69) is 0 Å². The zero-order chi connectivity index (χ0) is 15.9. The summed E-state index contributed by atoms with van der Waals surface area (Å²) in [6, 6.07) is 0. The molecule has 22 heavy (non-hydrogen) atoms. The molecule has 3 heteroatoms. The summed E-state index contributed by atoms with van der Waals surface area (Å²) < 4.78 is 0. The highest BCUT2D eigenvalue weighted by Gasteiger charge is 2.41. The molecule has 0 aromatic heterocycles. The molecule has 3 nitrogen and oxygen atoms in total. The van der Waals surface area contributed by atoms with E-state index >= 15 is 0 Å².